The molecule has 0 unspecified atom stereocenters. The normalized spacial score (nSPS) is 14.6. The lowest BCUT2D eigenvalue weighted by Crippen LogP contribution is -2.33. The van der Waals surface area contributed by atoms with Crippen molar-refractivity contribution in [2.45, 2.75) is 32.9 Å². The van der Waals surface area contributed by atoms with Crippen LogP contribution in [0.15, 0.2) is 79.0 Å². The minimum atomic E-state index is -0.0626. The monoisotopic (exact) mass is 554 g/mol. The number of carbonyl (C=O) groups is 1. The number of hydrogen-bond acceptors (Lipinski definition) is 5. The number of hydrogen-bond donors (Lipinski definition) is 1. The summed E-state index contributed by atoms with van der Waals surface area (Å²) in [7, 11) is 1.69. The van der Waals surface area contributed by atoms with E-state index in [1.54, 1.807) is 7.11 Å². The molecule has 1 fully saturated rings. The van der Waals surface area contributed by atoms with Crippen molar-refractivity contribution in [2.75, 3.05) is 53.0 Å². The van der Waals surface area contributed by atoms with Gasteiger partial charge in [-0.05, 0) is 63.2 Å². The van der Waals surface area contributed by atoms with Crippen molar-refractivity contribution in [3.05, 3.63) is 95.7 Å². The lowest BCUT2D eigenvalue weighted by Gasteiger charge is -2.22. The molecule has 4 aromatic rings. The molecule has 41 heavy (non-hydrogen) atoms. The van der Waals surface area contributed by atoms with E-state index in [1.807, 2.05) is 66.9 Å². The first-order valence-corrected chi connectivity index (χ1v) is 14.7. The number of nitrogens with zero attached hydrogens (tertiary/aromatic N) is 3. The van der Waals surface area contributed by atoms with Gasteiger partial charge >= 0.3 is 0 Å². The number of fused-ring (bicyclic) bond motifs is 1. The van der Waals surface area contributed by atoms with Crippen LogP contribution in [0.2, 0.25) is 0 Å². The first-order valence-electron chi connectivity index (χ1n) is 14.7. The SMILES string of the molecule is COc1cccc2c(C(=O)NCc3cccc(C)c3)cn(CCCN3CCCN(CCOc4ccccc4)CC3)c12. The quantitative estimate of drug-likeness (QED) is 0.255. The van der Waals surface area contributed by atoms with Crippen LogP contribution in [-0.4, -0.2) is 73.3 Å². The molecule has 0 aliphatic carbocycles. The van der Waals surface area contributed by atoms with Gasteiger partial charge in [-0.15, -0.1) is 0 Å². The Bertz CT molecular complexity index is 1420. The average molecular weight is 555 g/mol. The van der Waals surface area contributed by atoms with Crippen molar-refractivity contribution in [1.82, 2.24) is 19.7 Å². The molecule has 2 heterocycles. The summed E-state index contributed by atoms with van der Waals surface area (Å²) >= 11 is 0. The van der Waals surface area contributed by atoms with Crippen molar-refractivity contribution in [3.63, 3.8) is 0 Å². The molecule has 7 nitrogen and oxygen atoms in total. The van der Waals surface area contributed by atoms with Crippen LogP contribution in [0.3, 0.4) is 0 Å². The highest BCUT2D eigenvalue weighted by Gasteiger charge is 2.19. The van der Waals surface area contributed by atoms with E-state index in [0.29, 0.717) is 18.7 Å². The van der Waals surface area contributed by atoms with Crippen molar-refractivity contribution in [1.29, 1.82) is 0 Å². The maximum absolute atomic E-state index is 13.3. The highest BCUT2D eigenvalue weighted by atomic mass is 16.5. The summed E-state index contributed by atoms with van der Waals surface area (Å²) in [5, 5.41) is 4.04. The summed E-state index contributed by atoms with van der Waals surface area (Å²) in [5.74, 6) is 1.67. The summed E-state index contributed by atoms with van der Waals surface area (Å²) in [6.07, 6.45) is 4.16. The first kappa shape index (κ1) is 28.7. The number of benzene rings is 3. The molecular weight excluding hydrogens is 512 g/mol. The van der Waals surface area contributed by atoms with Crippen LogP contribution in [0.1, 0.15) is 34.3 Å². The maximum atomic E-state index is 13.3. The number of aryl methyl sites for hydroxylation is 2. The number of ether oxygens (including phenoxy) is 2. The molecule has 1 N–H and O–H groups in total. The van der Waals surface area contributed by atoms with Gasteiger partial charge in [0.25, 0.3) is 5.91 Å². The van der Waals surface area contributed by atoms with Gasteiger partial charge in [-0.25, -0.2) is 0 Å². The second kappa shape index (κ2) is 14.2. The molecule has 0 bridgehead atoms. The van der Waals surface area contributed by atoms with Crippen molar-refractivity contribution < 1.29 is 14.3 Å². The Morgan fingerprint density at radius 1 is 0.878 bits per heavy atom. The summed E-state index contributed by atoms with van der Waals surface area (Å²) in [4.78, 5) is 18.4. The summed E-state index contributed by atoms with van der Waals surface area (Å²) in [6.45, 7) is 10.4. The summed E-state index contributed by atoms with van der Waals surface area (Å²) < 4.78 is 13.8. The topological polar surface area (TPSA) is 59.0 Å². The largest absolute Gasteiger partial charge is 0.495 e. The number of para-hydroxylation sites is 2. The predicted molar refractivity (Wildman–Crippen MR) is 165 cm³/mol. The Hall–Kier alpha value is -3.81. The Balaban J connectivity index is 1.16. The van der Waals surface area contributed by atoms with Crippen LogP contribution in [0.25, 0.3) is 10.9 Å². The van der Waals surface area contributed by atoms with Crippen molar-refractivity contribution in [3.8, 4) is 11.5 Å². The average Bonchev–Trinajstić information content (AvgIpc) is 3.22. The van der Waals surface area contributed by atoms with E-state index in [9.17, 15) is 4.79 Å². The number of rotatable bonds is 12. The van der Waals surface area contributed by atoms with E-state index >= 15 is 0 Å². The molecular formula is C34H42N4O3. The molecule has 3 aromatic carbocycles. The molecule has 1 aromatic heterocycles. The van der Waals surface area contributed by atoms with Crippen molar-refractivity contribution in [2.24, 2.45) is 0 Å². The number of methoxy groups -OCH3 is 1. The van der Waals surface area contributed by atoms with Gasteiger partial charge in [0.05, 0.1) is 18.2 Å². The fourth-order valence-electron chi connectivity index (χ4n) is 5.69. The zero-order chi connectivity index (χ0) is 28.4. The third kappa shape index (κ3) is 7.69. The molecule has 5 rings (SSSR count). The summed E-state index contributed by atoms with van der Waals surface area (Å²) in [6, 6.07) is 24.2. The standard InChI is InChI=1S/C34H42N4O3/c1-27-10-6-11-28(24-27)25-35-34(39)31-26-38(33-30(31)14-7-15-32(33)40-2)19-9-18-36-16-8-17-37(21-20-36)22-23-41-29-12-4-3-5-13-29/h3-7,10-15,24,26H,8-9,16-23,25H2,1-2H3,(H,35,39). The van der Waals surface area contributed by atoms with Gasteiger partial charge in [-0.1, -0.05) is 60.2 Å². The van der Waals surface area contributed by atoms with Crippen LogP contribution in [0, 0.1) is 6.92 Å². The highest BCUT2D eigenvalue weighted by Crippen LogP contribution is 2.30. The fourth-order valence-corrected chi connectivity index (χ4v) is 5.69. The lowest BCUT2D eigenvalue weighted by molar-refractivity contribution is 0.0952. The number of nitrogens with one attached hydrogen (secondary N) is 1. The molecule has 0 spiro atoms. The third-order valence-electron chi connectivity index (χ3n) is 7.84. The molecule has 0 atom stereocenters. The minimum absolute atomic E-state index is 0.0626. The molecule has 1 aliphatic rings. The molecule has 1 aliphatic heterocycles. The zero-order valence-corrected chi connectivity index (χ0v) is 24.4. The van der Waals surface area contributed by atoms with Crippen LogP contribution in [0.5, 0.6) is 11.5 Å². The Morgan fingerprint density at radius 3 is 2.44 bits per heavy atom. The van der Waals surface area contributed by atoms with Gasteiger partial charge < -0.3 is 24.3 Å². The Morgan fingerprint density at radius 2 is 1.66 bits per heavy atom. The van der Waals surface area contributed by atoms with E-state index in [1.165, 1.54) is 5.56 Å². The van der Waals surface area contributed by atoms with Gasteiger partial charge in [-0.2, -0.15) is 0 Å². The predicted octanol–water partition coefficient (Wildman–Crippen LogP) is 5.37. The van der Waals surface area contributed by atoms with Crippen LogP contribution < -0.4 is 14.8 Å². The summed E-state index contributed by atoms with van der Waals surface area (Å²) in [5.41, 5.74) is 3.96. The van der Waals surface area contributed by atoms with Crippen molar-refractivity contribution >= 4 is 16.8 Å². The molecule has 0 saturated carbocycles. The van der Waals surface area contributed by atoms with E-state index in [-0.39, 0.29) is 5.91 Å². The van der Waals surface area contributed by atoms with Gasteiger partial charge in [-0.3, -0.25) is 9.69 Å². The Labute approximate surface area is 243 Å². The fraction of sp³-hybridized carbons (Fsp3) is 0.382. The first-order chi connectivity index (χ1) is 20.1. The van der Waals surface area contributed by atoms with Crippen LogP contribution >= 0.6 is 0 Å². The maximum Gasteiger partial charge on any atom is 0.253 e. The number of carbonyl (C=O) groups excluding carboxylic acids is 1. The molecule has 1 saturated heterocycles. The highest BCUT2D eigenvalue weighted by molar-refractivity contribution is 6.08. The third-order valence-corrected chi connectivity index (χ3v) is 7.84. The zero-order valence-electron chi connectivity index (χ0n) is 24.4. The minimum Gasteiger partial charge on any atom is -0.495 e. The van der Waals surface area contributed by atoms with E-state index in [2.05, 4.69) is 38.7 Å². The van der Waals surface area contributed by atoms with E-state index < -0.39 is 0 Å². The second-order valence-electron chi connectivity index (χ2n) is 10.8. The van der Waals surface area contributed by atoms with Gasteiger partial charge in [0, 0.05) is 44.3 Å². The smallest absolute Gasteiger partial charge is 0.253 e. The van der Waals surface area contributed by atoms with E-state index in [4.69, 9.17) is 9.47 Å². The molecule has 7 heteroatoms. The van der Waals surface area contributed by atoms with Crippen LogP contribution in [0.4, 0.5) is 0 Å². The van der Waals surface area contributed by atoms with Gasteiger partial charge in [0.2, 0.25) is 0 Å². The molecule has 216 valence electrons. The second-order valence-corrected chi connectivity index (χ2v) is 10.8. The number of amides is 1. The molecule has 1 amide bonds. The van der Waals surface area contributed by atoms with Gasteiger partial charge in [0.1, 0.15) is 18.1 Å². The number of aromatic nitrogens is 1. The molecule has 0 radical (unpaired) electrons. The van der Waals surface area contributed by atoms with E-state index in [0.717, 1.165) is 86.6 Å². The Kier molecular flexibility index (Phi) is 9.94. The van der Waals surface area contributed by atoms with Crippen LogP contribution in [-0.2, 0) is 13.1 Å². The van der Waals surface area contributed by atoms with Gasteiger partial charge in [0.15, 0.2) is 0 Å². The lowest BCUT2D eigenvalue weighted by atomic mass is 10.1.